The fraction of sp³-hybridized carbons (Fsp3) is 0.200. The number of sulfonamides is 1. The Labute approximate surface area is 175 Å². The summed E-state index contributed by atoms with van der Waals surface area (Å²) in [6.45, 7) is 4.38. The molecule has 0 unspecified atom stereocenters. The molecule has 0 atom stereocenters. The molecular weight excluding hydrogens is 410 g/mol. The Bertz CT molecular complexity index is 1170. The van der Waals surface area contributed by atoms with Crippen LogP contribution in [0.1, 0.15) is 18.1 Å². The fourth-order valence-electron chi connectivity index (χ4n) is 2.96. The Morgan fingerprint density at radius 3 is 2.45 bits per heavy atom. The second-order valence-corrected chi connectivity index (χ2v) is 8.94. The number of nitrogens with two attached hydrogens (primary N) is 2. The number of guanidine groups is 1. The van der Waals surface area contributed by atoms with Gasteiger partial charge < -0.3 is 11.5 Å². The normalized spacial score (nSPS) is 11.7. The van der Waals surface area contributed by atoms with Gasteiger partial charge in [0.15, 0.2) is 11.8 Å². The van der Waals surface area contributed by atoms with Crippen LogP contribution in [0.25, 0.3) is 10.8 Å². The van der Waals surface area contributed by atoms with Crippen molar-refractivity contribution < 1.29 is 8.42 Å². The van der Waals surface area contributed by atoms with E-state index in [9.17, 15) is 8.42 Å². The highest BCUT2D eigenvalue weighted by atomic mass is 35.5. The van der Waals surface area contributed by atoms with Crippen LogP contribution in [-0.4, -0.2) is 30.2 Å². The zero-order chi connectivity index (χ0) is 21.2. The van der Waals surface area contributed by atoms with Gasteiger partial charge in [-0.2, -0.15) is 9.30 Å². The summed E-state index contributed by atoms with van der Waals surface area (Å²) in [5.74, 6) is 0.0342. The van der Waals surface area contributed by atoms with E-state index in [1.165, 1.54) is 22.6 Å². The molecule has 7 nitrogen and oxygen atoms in total. The first kappa shape index (κ1) is 21.0. The quantitative estimate of drug-likeness (QED) is 0.459. The maximum atomic E-state index is 13.3. The molecule has 0 radical (unpaired) electrons. The maximum Gasteiger partial charge on any atom is 0.243 e. The summed E-state index contributed by atoms with van der Waals surface area (Å²) in [4.78, 5) is 8.23. The summed E-state index contributed by atoms with van der Waals surface area (Å²) < 4.78 is 28.0. The van der Waals surface area contributed by atoms with Crippen molar-refractivity contribution >= 4 is 44.2 Å². The molecule has 0 bridgehead atoms. The lowest BCUT2D eigenvalue weighted by atomic mass is 10.1. The van der Waals surface area contributed by atoms with Crippen LogP contribution in [0.4, 0.5) is 5.82 Å². The molecule has 0 spiro atoms. The van der Waals surface area contributed by atoms with E-state index in [1.807, 2.05) is 31.2 Å². The molecule has 0 aliphatic rings. The van der Waals surface area contributed by atoms with Gasteiger partial charge in [-0.1, -0.05) is 54.4 Å². The number of aryl methyl sites for hydroxylation is 1. The van der Waals surface area contributed by atoms with E-state index < -0.39 is 10.0 Å². The van der Waals surface area contributed by atoms with Gasteiger partial charge in [-0.25, -0.2) is 13.4 Å². The van der Waals surface area contributed by atoms with Gasteiger partial charge in [0.2, 0.25) is 10.0 Å². The van der Waals surface area contributed by atoms with Gasteiger partial charge in [-0.05, 0) is 24.6 Å². The number of hydrogen-bond donors (Lipinski definition) is 2. The molecule has 0 saturated carbocycles. The molecular formula is C20H22ClN5O2S. The highest BCUT2D eigenvalue weighted by Crippen LogP contribution is 2.32. The molecule has 0 amide bonds. The lowest BCUT2D eigenvalue weighted by Gasteiger charge is -2.21. The van der Waals surface area contributed by atoms with Gasteiger partial charge in [0.25, 0.3) is 0 Å². The van der Waals surface area contributed by atoms with Crippen LogP contribution in [0, 0.1) is 6.92 Å². The van der Waals surface area contributed by atoms with E-state index in [1.54, 1.807) is 13.0 Å². The molecule has 0 aliphatic heterocycles. The molecule has 3 aromatic rings. The monoisotopic (exact) mass is 431 g/mol. The molecule has 152 valence electrons. The van der Waals surface area contributed by atoms with Crippen LogP contribution >= 0.6 is 11.6 Å². The Morgan fingerprint density at radius 1 is 1.14 bits per heavy atom. The average Bonchev–Trinajstić information content (AvgIpc) is 2.69. The van der Waals surface area contributed by atoms with Crippen molar-refractivity contribution in [3.05, 3.63) is 64.8 Å². The van der Waals surface area contributed by atoms with Crippen molar-refractivity contribution in [1.29, 1.82) is 0 Å². The number of fused-ring (bicyclic) bond motifs is 1. The van der Waals surface area contributed by atoms with Gasteiger partial charge in [-0.3, -0.25) is 0 Å². The third-order valence-corrected chi connectivity index (χ3v) is 6.71. The maximum absolute atomic E-state index is 13.3. The average molecular weight is 432 g/mol. The van der Waals surface area contributed by atoms with E-state index in [0.29, 0.717) is 22.3 Å². The second-order valence-electron chi connectivity index (χ2n) is 6.59. The van der Waals surface area contributed by atoms with Gasteiger partial charge in [0, 0.05) is 30.1 Å². The van der Waals surface area contributed by atoms with Crippen molar-refractivity contribution in [2.75, 3.05) is 6.54 Å². The van der Waals surface area contributed by atoms with Crippen molar-refractivity contribution in [3.63, 3.8) is 0 Å². The first-order valence-electron chi connectivity index (χ1n) is 8.96. The second kappa shape index (κ2) is 8.36. The molecule has 9 heteroatoms. The topological polar surface area (TPSA) is 115 Å². The first-order chi connectivity index (χ1) is 13.7. The number of hydrogen-bond acceptors (Lipinski definition) is 4. The summed E-state index contributed by atoms with van der Waals surface area (Å²) in [5.41, 5.74) is 13.0. The zero-order valence-electron chi connectivity index (χ0n) is 16.1. The van der Waals surface area contributed by atoms with Crippen molar-refractivity contribution in [2.45, 2.75) is 25.3 Å². The van der Waals surface area contributed by atoms with Crippen molar-refractivity contribution in [2.24, 2.45) is 16.5 Å². The molecule has 0 aliphatic carbocycles. The lowest BCUT2D eigenvalue weighted by Crippen LogP contribution is -2.30. The van der Waals surface area contributed by atoms with Gasteiger partial charge in [-0.15, -0.1) is 0 Å². The predicted octanol–water partition coefficient (Wildman–Crippen LogP) is 3.31. The Hall–Kier alpha value is -2.68. The largest absolute Gasteiger partial charge is 0.370 e. The number of nitrogens with zero attached hydrogens (tertiary/aromatic N) is 3. The Morgan fingerprint density at radius 2 is 1.83 bits per heavy atom. The number of pyridine rings is 1. The summed E-state index contributed by atoms with van der Waals surface area (Å²) in [5, 5.41) is 1.45. The van der Waals surface area contributed by atoms with Gasteiger partial charge in [0.05, 0.1) is 9.92 Å². The molecule has 1 aromatic heterocycles. The highest BCUT2D eigenvalue weighted by Gasteiger charge is 2.24. The summed E-state index contributed by atoms with van der Waals surface area (Å²) in [6, 6.07) is 12.4. The minimum Gasteiger partial charge on any atom is -0.370 e. The SMILES string of the molecule is CCN(Cc1ccc(C)cc1)S(=O)(=O)c1ccc2c(Cl)cnc(N=C(N)N)c2c1. The van der Waals surface area contributed by atoms with Crippen LogP contribution in [0.3, 0.4) is 0 Å². The molecule has 2 aromatic carbocycles. The molecule has 0 saturated heterocycles. The standard InChI is InChI=1S/C20H22ClN5O2S/c1-3-26(12-14-6-4-13(2)5-7-14)29(27,28)15-8-9-16-17(10-15)19(25-20(22)23)24-11-18(16)21/h4-11H,3,12H2,1-2H3,(H4,22,23,24,25). The van der Waals surface area contributed by atoms with Gasteiger partial charge >= 0.3 is 0 Å². The van der Waals surface area contributed by atoms with E-state index in [0.717, 1.165) is 11.1 Å². The summed E-state index contributed by atoms with van der Waals surface area (Å²) in [7, 11) is -3.76. The number of rotatable bonds is 6. The first-order valence-corrected chi connectivity index (χ1v) is 10.8. The van der Waals surface area contributed by atoms with Crippen LogP contribution in [0.15, 0.2) is 58.5 Å². The van der Waals surface area contributed by atoms with Crippen molar-refractivity contribution in [1.82, 2.24) is 9.29 Å². The highest BCUT2D eigenvalue weighted by molar-refractivity contribution is 7.89. The summed E-state index contributed by atoms with van der Waals surface area (Å²) in [6.07, 6.45) is 1.43. The number of aromatic nitrogens is 1. The molecule has 3 rings (SSSR count). The fourth-order valence-corrected chi connectivity index (χ4v) is 4.64. The Balaban J connectivity index is 2.07. The number of benzene rings is 2. The van der Waals surface area contributed by atoms with Crippen LogP contribution in [0.2, 0.25) is 5.02 Å². The summed E-state index contributed by atoms with van der Waals surface area (Å²) >= 11 is 6.21. The molecule has 0 fully saturated rings. The zero-order valence-corrected chi connectivity index (χ0v) is 17.7. The molecule has 29 heavy (non-hydrogen) atoms. The number of aliphatic imine (C=N–C) groups is 1. The Kier molecular flexibility index (Phi) is 6.07. The third-order valence-electron chi connectivity index (χ3n) is 4.49. The van der Waals surface area contributed by atoms with E-state index in [-0.39, 0.29) is 23.2 Å². The third kappa shape index (κ3) is 4.50. The minimum atomic E-state index is -3.76. The smallest absolute Gasteiger partial charge is 0.243 e. The van der Waals surface area contributed by atoms with E-state index in [2.05, 4.69) is 9.98 Å². The van der Waals surface area contributed by atoms with Crippen LogP contribution in [-0.2, 0) is 16.6 Å². The minimum absolute atomic E-state index is 0.120. The van der Waals surface area contributed by atoms with Crippen LogP contribution < -0.4 is 11.5 Å². The van der Waals surface area contributed by atoms with Crippen LogP contribution in [0.5, 0.6) is 0 Å². The lowest BCUT2D eigenvalue weighted by molar-refractivity contribution is 0.423. The van der Waals surface area contributed by atoms with E-state index in [4.69, 9.17) is 23.1 Å². The number of halogens is 1. The van der Waals surface area contributed by atoms with Crippen molar-refractivity contribution in [3.8, 4) is 0 Å². The molecule has 1 heterocycles. The van der Waals surface area contributed by atoms with E-state index >= 15 is 0 Å². The van der Waals surface area contributed by atoms with Gasteiger partial charge in [0.1, 0.15) is 0 Å². The molecule has 4 N–H and O–H groups in total. The predicted molar refractivity (Wildman–Crippen MR) is 117 cm³/mol.